The molecule has 0 saturated heterocycles. The minimum absolute atomic E-state index is 0.0163. The molecule has 2 N–H and O–H groups in total. The second-order valence-electron chi connectivity index (χ2n) is 8.80. The lowest BCUT2D eigenvalue weighted by atomic mass is 9.80. The van der Waals surface area contributed by atoms with Crippen LogP contribution in [0.3, 0.4) is 0 Å². The van der Waals surface area contributed by atoms with Crippen LogP contribution in [0.15, 0.2) is 73.1 Å². The van der Waals surface area contributed by atoms with Gasteiger partial charge in [0.25, 0.3) is 0 Å². The van der Waals surface area contributed by atoms with E-state index < -0.39 is 34.6 Å². The Morgan fingerprint density at radius 1 is 1.00 bits per heavy atom. The van der Waals surface area contributed by atoms with E-state index in [2.05, 4.69) is 15.0 Å². The van der Waals surface area contributed by atoms with Gasteiger partial charge in [0.15, 0.2) is 17.4 Å². The molecule has 0 radical (unpaired) electrons. The monoisotopic (exact) mass is 505 g/mol. The van der Waals surface area contributed by atoms with Crippen LogP contribution >= 0.6 is 0 Å². The van der Waals surface area contributed by atoms with Crippen molar-refractivity contribution in [1.82, 2.24) is 15.0 Å². The molecule has 9 heteroatoms. The molecule has 1 atom stereocenters. The summed E-state index contributed by atoms with van der Waals surface area (Å²) in [6, 6.07) is 15.7. The first-order valence-corrected chi connectivity index (χ1v) is 11.4. The summed E-state index contributed by atoms with van der Waals surface area (Å²) in [4.78, 5) is 21.8. The van der Waals surface area contributed by atoms with Gasteiger partial charge in [-0.25, -0.2) is 18.2 Å². The molecule has 0 saturated carbocycles. The fourth-order valence-corrected chi connectivity index (χ4v) is 4.17. The van der Waals surface area contributed by atoms with Crippen LogP contribution in [-0.2, 0) is 14.9 Å². The van der Waals surface area contributed by atoms with Gasteiger partial charge in [-0.3, -0.25) is 4.79 Å². The Bertz CT molecular complexity index is 1600. The first-order chi connectivity index (χ1) is 17.8. The molecular formula is C28H22F3N3O3. The molecule has 0 aliphatic rings. The zero-order valence-electron chi connectivity index (χ0n) is 19.9. The van der Waals surface area contributed by atoms with Gasteiger partial charge in [0.2, 0.25) is 0 Å². The fraction of sp³-hybridized carbons (Fsp3) is 0.143. The standard InChI is InChI=1S/C28H22F3N3O3/c1-16(35)36-15-28(2,17-6-4-3-5-7-17)24-14-33-27(34-24)20-12-18(8-9-21(20)29)37-26-22(30)13-23-19(25(26)31)10-11-32-23/h3-14,32H,15H2,1-2H3,(H,33,34). The van der Waals surface area contributed by atoms with Crippen molar-refractivity contribution in [3.63, 3.8) is 0 Å². The van der Waals surface area contributed by atoms with Crippen LogP contribution in [-0.4, -0.2) is 27.5 Å². The number of ether oxygens (including phenoxy) is 2. The predicted octanol–water partition coefficient (Wildman–Crippen LogP) is 6.64. The summed E-state index contributed by atoms with van der Waals surface area (Å²) in [6.45, 7) is 3.20. The third-order valence-electron chi connectivity index (χ3n) is 6.23. The molecule has 2 aromatic heterocycles. The van der Waals surface area contributed by atoms with Crippen LogP contribution in [0, 0.1) is 17.5 Å². The van der Waals surface area contributed by atoms with E-state index >= 15 is 0 Å². The van der Waals surface area contributed by atoms with Crippen LogP contribution in [0.25, 0.3) is 22.3 Å². The zero-order chi connectivity index (χ0) is 26.2. The van der Waals surface area contributed by atoms with Crippen molar-refractivity contribution in [2.45, 2.75) is 19.3 Å². The maximum absolute atomic E-state index is 14.9. The Balaban J connectivity index is 1.50. The lowest BCUT2D eigenvalue weighted by Crippen LogP contribution is -2.31. The molecule has 3 aromatic carbocycles. The van der Waals surface area contributed by atoms with Crippen molar-refractivity contribution >= 4 is 16.9 Å². The maximum Gasteiger partial charge on any atom is 0.302 e. The number of halogens is 3. The van der Waals surface area contributed by atoms with Gasteiger partial charge in [-0.15, -0.1) is 0 Å². The van der Waals surface area contributed by atoms with E-state index in [-0.39, 0.29) is 29.1 Å². The van der Waals surface area contributed by atoms with E-state index in [1.165, 1.54) is 31.3 Å². The maximum atomic E-state index is 14.9. The molecule has 0 spiro atoms. The largest absolute Gasteiger partial charge is 0.465 e. The topological polar surface area (TPSA) is 80.0 Å². The molecule has 0 fully saturated rings. The molecule has 5 aromatic rings. The molecule has 0 bridgehead atoms. The summed E-state index contributed by atoms with van der Waals surface area (Å²) in [5.41, 5.74) is 0.856. The number of carbonyl (C=O) groups is 1. The second-order valence-corrected chi connectivity index (χ2v) is 8.80. The number of hydrogen-bond donors (Lipinski definition) is 2. The summed E-state index contributed by atoms with van der Waals surface area (Å²) in [5.74, 6) is -3.22. The molecule has 2 heterocycles. The Morgan fingerprint density at radius 3 is 2.54 bits per heavy atom. The molecular weight excluding hydrogens is 483 g/mol. The normalized spacial score (nSPS) is 12.9. The van der Waals surface area contributed by atoms with Crippen molar-refractivity contribution in [3.8, 4) is 22.9 Å². The summed E-state index contributed by atoms with van der Waals surface area (Å²) in [6.07, 6.45) is 3.10. The number of aromatic nitrogens is 3. The first-order valence-electron chi connectivity index (χ1n) is 11.4. The highest BCUT2D eigenvalue weighted by molar-refractivity contribution is 5.82. The van der Waals surface area contributed by atoms with Gasteiger partial charge >= 0.3 is 5.97 Å². The molecule has 6 nitrogen and oxygen atoms in total. The van der Waals surface area contributed by atoms with Gasteiger partial charge in [-0.1, -0.05) is 30.3 Å². The highest BCUT2D eigenvalue weighted by Gasteiger charge is 2.33. The van der Waals surface area contributed by atoms with E-state index in [0.29, 0.717) is 11.2 Å². The predicted molar refractivity (Wildman–Crippen MR) is 132 cm³/mol. The average Bonchev–Trinajstić information content (AvgIpc) is 3.57. The lowest BCUT2D eigenvalue weighted by Gasteiger charge is -2.27. The molecule has 0 aliphatic carbocycles. The molecule has 37 heavy (non-hydrogen) atoms. The summed E-state index contributed by atoms with van der Waals surface area (Å²) >= 11 is 0. The van der Waals surface area contributed by atoms with Crippen LogP contribution < -0.4 is 4.74 Å². The van der Waals surface area contributed by atoms with Gasteiger partial charge in [0.1, 0.15) is 24.0 Å². The summed E-state index contributed by atoms with van der Waals surface area (Å²) in [7, 11) is 0. The number of nitrogens with one attached hydrogen (secondary N) is 2. The fourth-order valence-electron chi connectivity index (χ4n) is 4.17. The zero-order valence-corrected chi connectivity index (χ0v) is 19.9. The van der Waals surface area contributed by atoms with Crippen molar-refractivity contribution < 1.29 is 27.4 Å². The van der Waals surface area contributed by atoms with Crippen LogP contribution in [0.1, 0.15) is 25.1 Å². The van der Waals surface area contributed by atoms with Crippen LogP contribution in [0.4, 0.5) is 13.2 Å². The number of imidazole rings is 1. The number of rotatable bonds is 7. The number of carbonyl (C=O) groups excluding carboxylic acids is 1. The van der Waals surface area contributed by atoms with Crippen molar-refractivity contribution in [1.29, 1.82) is 0 Å². The van der Waals surface area contributed by atoms with E-state index in [9.17, 15) is 18.0 Å². The second kappa shape index (κ2) is 9.50. The number of esters is 1. The number of nitrogens with zero attached hydrogens (tertiary/aromatic N) is 1. The molecule has 0 amide bonds. The van der Waals surface area contributed by atoms with Crippen LogP contribution in [0.5, 0.6) is 11.5 Å². The quantitative estimate of drug-likeness (QED) is 0.243. The smallest absolute Gasteiger partial charge is 0.302 e. The van der Waals surface area contributed by atoms with Gasteiger partial charge in [0, 0.05) is 30.8 Å². The van der Waals surface area contributed by atoms with Gasteiger partial charge < -0.3 is 19.4 Å². The summed E-state index contributed by atoms with van der Waals surface area (Å²) < 4.78 is 55.1. The molecule has 188 valence electrons. The number of hydrogen-bond acceptors (Lipinski definition) is 4. The van der Waals surface area contributed by atoms with Crippen molar-refractivity contribution in [2.75, 3.05) is 6.61 Å². The number of H-pyrrole nitrogens is 2. The van der Waals surface area contributed by atoms with Crippen molar-refractivity contribution in [3.05, 3.63) is 102 Å². The van der Waals surface area contributed by atoms with E-state index in [0.717, 1.165) is 17.7 Å². The SMILES string of the molecule is CC(=O)OCC(C)(c1ccccc1)c1c[nH]c(-c2cc(Oc3c(F)cc4[nH]ccc4c3F)ccc2F)n1. The third kappa shape index (κ3) is 4.55. The van der Waals surface area contributed by atoms with E-state index in [1.807, 2.05) is 37.3 Å². The van der Waals surface area contributed by atoms with E-state index in [1.54, 1.807) is 6.20 Å². The molecule has 1 unspecified atom stereocenters. The van der Waals surface area contributed by atoms with Gasteiger partial charge in [-0.2, -0.15) is 0 Å². The van der Waals surface area contributed by atoms with E-state index in [4.69, 9.17) is 9.47 Å². The minimum Gasteiger partial charge on any atom is -0.465 e. The first kappa shape index (κ1) is 24.2. The number of aromatic amines is 2. The molecule has 0 aliphatic heterocycles. The Kier molecular flexibility index (Phi) is 6.20. The van der Waals surface area contributed by atoms with Crippen molar-refractivity contribution in [2.24, 2.45) is 0 Å². The minimum atomic E-state index is -0.900. The Labute approximate surface area is 210 Å². The van der Waals surface area contributed by atoms with Gasteiger partial charge in [0.05, 0.1) is 22.2 Å². The number of benzene rings is 3. The number of fused-ring (bicyclic) bond motifs is 1. The van der Waals surface area contributed by atoms with Gasteiger partial charge in [-0.05, 0) is 36.8 Å². The lowest BCUT2D eigenvalue weighted by molar-refractivity contribution is -0.142. The summed E-state index contributed by atoms with van der Waals surface area (Å²) in [5, 5.41) is 0.169. The highest BCUT2D eigenvalue weighted by Crippen LogP contribution is 2.36. The average molecular weight is 505 g/mol. The molecule has 5 rings (SSSR count). The van der Waals surface area contributed by atoms with Crippen LogP contribution in [0.2, 0.25) is 0 Å². The third-order valence-corrected chi connectivity index (χ3v) is 6.23. The Hall–Kier alpha value is -4.53. The Morgan fingerprint density at radius 2 is 1.78 bits per heavy atom. The highest BCUT2D eigenvalue weighted by atomic mass is 19.1.